The lowest BCUT2D eigenvalue weighted by Gasteiger charge is -2.21. The molecule has 0 spiro atoms. The zero-order valence-electron chi connectivity index (χ0n) is 12.4. The second-order valence-electron chi connectivity index (χ2n) is 5.89. The van der Waals surface area contributed by atoms with Crippen molar-refractivity contribution in [1.82, 2.24) is 9.78 Å². The molecule has 0 amide bonds. The molecule has 2 N–H and O–H groups in total. The van der Waals surface area contributed by atoms with Gasteiger partial charge in [0.1, 0.15) is 5.78 Å². The number of hydrogen-bond acceptors (Lipinski definition) is 3. The van der Waals surface area contributed by atoms with Crippen LogP contribution in [0.5, 0.6) is 0 Å². The van der Waals surface area contributed by atoms with Gasteiger partial charge >= 0.3 is 0 Å². The molecule has 0 bridgehead atoms. The maximum atomic E-state index is 11.9. The molecule has 0 radical (unpaired) electrons. The van der Waals surface area contributed by atoms with E-state index < -0.39 is 0 Å². The minimum absolute atomic E-state index is 0.302. The summed E-state index contributed by atoms with van der Waals surface area (Å²) in [5, 5.41) is 4.59. The van der Waals surface area contributed by atoms with Crippen LogP contribution in [0.1, 0.15) is 69.5 Å². The summed E-state index contributed by atoms with van der Waals surface area (Å²) in [5.41, 5.74) is 6.37. The number of ketones is 1. The van der Waals surface area contributed by atoms with E-state index in [1.807, 2.05) is 12.3 Å². The van der Waals surface area contributed by atoms with Crippen LogP contribution in [-0.4, -0.2) is 22.1 Å². The number of aromatic nitrogens is 2. The molecule has 0 aliphatic heterocycles. The van der Waals surface area contributed by atoms with Gasteiger partial charge in [0.2, 0.25) is 0 Å². The third kappa shape index (κ3) is 4.75. The zero-order chi connectivity index (χ0) is 14.2. The minimum Gasteiger partial charge on any atom is -0.330 e. The van der Waals surface area contributed by atoms with Crippen molar-refractivity contribution < 1.29 is 4.79 Å². The Labute approximate surface area is 121 Å². The predicted molar refractivity (Wildman–Crippen MR) is 80.6 cm³/mol. The standard InChI is InChI=1S/C16H27N3O/c17-11-6-2-5-9-16(20)13-14-10-12-19(18-14)15-7-3-1-4-8-15/h10,12,15H,1-9,11,13,17H2. The van der Waals surface area contributed by atoms with Crippen LogP contribution in [0.3, 0.4) is 0 Å². The average molecular weight is 277 g/mol. The maximum Gasteiger partial charge on any atom is 0.138 e. The van der Waals surface area contributed by atoms with Crippen molar-refractivity contribution in [3.8, 4) is 0 Å². The van der Waals surface area contributed by atoms with Gasteiger partial charge in [0.15, 0.2) is 0 Å². The highest BCUT2D eigenvalue weighted by atomic mass is 16.1. The predicted octanol–water partition coefficient (Wildman–Crippen LogP) is 3.02. The molecule has 0 aromatic carbocycles. The van der Waals surface area contributed by atoms with Gasteiger partial charge in [0, 0.05) is 12.6 Å². The van der Waals surface area contributed by atoms with Gasteiger partial charge in [-0.2, -0.15) is 5.10 Å². The smallest absolute Gasteiger partial charge is 0.138 e. The summed E-state index contributed by atoms with van der Waals surface area (Å²) in [6.07, 6.45) is 12.7. The molecule has 20 heavy (non-hydrogen) atoms. The average Bonchev–Trinajstić information content (AvgIpc) is 2.93. The number of nitrogens with two attached hydrogens (primary N) is 1. The quantitative estimate of drug-likeness (QED) is 0.743. The third-order valence-corrected chi connectivity index (χ3v) is 4.15. The molecular weight excluding hydrogens is 250 g/mol. The largest absolute Gasteiger partial charge is 0.330 e. The molecule has 4 nitrogen and oxygen atoms in total. The summed E-state index contributed by atoms with van der Waals surface area (Å²) in [5.74, 6) is 0.302. The van der Waals surface area contributed by atoms with E-state index >= 15 is 0 Å². The lowest BCUT2D eigenvalue weighted by molar-refractivity contribution is -0.118. The second kappa shape index (κ2) is 8.20. The van der Waals surface area contributed by atoms with Crippen molar-refractivity contribution in [1.29, 1.82) is 0 Å². The zero-order valence-corrected chi connectivity index (χ0v) is 12.4. The molecule has 1 saturated carbocycles. The monoisotopic (exact) mass is 277 g/mol. The van der Waals surface area contributed by atoms with Crippen molar-refractivity contribution in [2.24, 2.45) is 5.73 Å². The van der Waals surface area contributed by atoms with E-state index in [9.17, 15) is 4.79 Å². The first-order valence-electron chi connectivity index (χ1n) is 8.05. The van der Waals surface area contributed by atoms with Gasteiger partial charge < -0.3 is 5.73 Å². The summed E-state index contributed by atoms with van der Waals surface area (Å²) >= 11 is 0. The van der Waals surface area contributed by atoms with E-state index in [0.29, 0.717) is 24.7 Å². The van der Waals surface area contributed by atoms with Gasteiger partial charge in [0.25, 0.3) is 0 Å². The Morgan fingerprint density at radius 3 is 2.80 bits per heavy atom. The van der Waals surface area contributed by atoms with Gasteiger partial charge in [0.05, 0.1) is 18.2 Å². The summed E-state index contributed by atoms with van der Waals surface area (Å²) < 4.78 is 2.08. The molecule has 1 aliphatic rings. The van der Waals surface area contributed by atoms with Crippen LogP contribution in [0.15, 0.2) is 12.3 Å². The molecule has 4 heteroatoms. The fraction of sp³-hybridized carbons (Fsp3) is 0.750. The highest BCUT2D eigenvalue weighted by molar-refractivity contribution is 5.80. The van der Waals surface area contributed by atoms with Crippen molar-refractivity contribution in [3.63, 3.8) is 0 Å². The van der Waals surface area contributed by atoms with Crippen molar-refractivity contribution >= 4 is 5.78 Å². The molecule has 1 fully saturated rings. The first kappa shape index (κ1) is 15.2. The fourth-order valence-electron chi connectivity index (χ4n) is 2.95. The molecule has 2 rings (SSSR count). The Morgan fingerprint density at radius 2 is 2.05 bits per heavy atom. The first-order chi connectivity index (χ1) is 9.79. The van der Waals surface area contributed by atoms with Crippen LogP contribution in [0.2, 0.25) is 0 Å². The highest BCUT2D eigenvalue weighted by Crippen LogP contribution is 2.27. The van der Waals surface area contributed by atoms with E-state index in [1.54, 1.807) is 0 Å². The Balaban J connectivity index is 1.75. The van der Waals surface area contributed by atoms with Gasteiger partial charge in [-0.05, 0) is 38.3 Å². The van der Waals surface area contributed by atoms with Crippen molar-refractivity contribution in [3.05, 3.63) is 18.0 Å². The number of rotatable bonds is 8. The third-order valence-electron chi connectivity index (χ3n) is 4.15. The van der Waals surface area contributed by atoms with Crippen LogP contribution in [0.25, 0.3) is 0 Å². The molecule has 1 aromatic heterocycles. The number of carbonyl (C=O) groups is 1. The number of hydrogen-bond donors (Lipinski definition) is 1. The minimum atomic E-state index is 0.302. The summed E-state index contributed by atoms with van der Waals surface area (Å²) in [6.45, 7) is 0.722. The molecule has 0 saturated heterocycles. The van der Waals surface area contributed by atoms with E-state index in [2.05, 4.69) is 9.78 Å². The van der Waals surface area contributed by atoms with Crippen molar-refractivity contribution in [2.75, 3.05) is 6.54 Å². The van der Waals surface area contributed by atoms with Gasteiger partial charge in [-0.1, -0.05) is 25.7 Å². The molecule has 0 unspecified atom stereocenters. The Morgan fingerprint density at radius 1 is 1.25 bits per heavy atom. The Hall–Kier alpha value is -1.16. The summed E-state index contributed by atoms with van der Waals surface area (Å²) in [6, 6.07) is 2.56. The van der Waals surface area contributed by atoms with Gasteiger partial charge in [-0.3, -0.25) is 9.48 Å². The molecule has 1 heterocycles. The lowest BCUT2D eigenvalue weighted by atomic mass is 9.96. The molecule has 1 aromatic rings. The summed E-state index contributed by atoms with van der Waals surface area (Å²) in [4.78, 5) is 11.9. The topological polar surface area (TPSA) is 60.9 Å². The van der Waals surface area contributed by atoms with Crippen LogP contribution < -0.4 is 5.73 Å². The number of carbonyl (C=O) groups excluding carboxylic acids is 1. The van der Waals surface area contributed by atoms with Crippen LogP contribution >= 0.6 is 0 Å². The number of nitrogens with zero attached hydrogens (tertiary/aromatic N) is 2. The van der Waals surface area contributed by atoms with Crippen LogP contribution in [0.4, 0.5) is 0 Å². The Kier molecular flexibility index (Phi) is 6.25. The van der Waals surface area contributed by atoms with E-state index in [-0.39, 0.29) is 0 Å². The van der Waals surface area contributed by atoms with Gasteiger partial charge in [-0.25, -0.2) is 0 Å². The normalized spacial score (nSPS) is 16.4. The van der Waals surface area contributed by atoms with Crippen LogP contribution in [0, 0.1) is 0 Å². The lowest BCUT2D eigenvalue weighted by Crippen LogP contribution is -2.14. The maximum absolute atomic E-state index is 11.9. The first-order valence-corrected chi connectivity index (χ1v) is 8.05. The summed E-state index contributed by atoms with van der Waals surface area (Å²) in [7, 11) is 0. The number of Topliss-reactive ketones (excluding diaryl/α,β-unsaturated/α-hetero) is 1. The fourth-order valence-corrected chi connectivity index (χ4v) is 2.95. The SMILES string of the molecule is NCCCCCC(=O)Cc1ccn(C2CCCCC2)n1. The van der Waals surface area contributed by atoms with E-state index in [4.69, 9.17) is 5.73 Å². The molecule has 1 aliphatic carbocycles. The molecule has 0 atom stereocenters. The Bertz CT molecular complexity index is 408. The highest BCUT2D eigenvalue weighted by Gasteiger charge is 2.16. The van der Waals surface area contributed by atoms with Crippen LogP contribution in [-0.2, 0) is 11.2 Å². The second-order valence-corrected chi connectivity index (χ2v) is 5.89. The molecule has 112 valence electrons. The van der Waals surface area contributed by atoms with Gasteiger partial charge in [-0.15, -0.1) is 0 Å². The molecular formula is C16H27N3O. The van der Waals surface area contributed by atoms with E-state index in [1.165, 1.54) is 32.1 Å². The number of unbranched alkanes of at least 4 members (excludes halogenated alkanes) is 2. The van der Waals surface area contributed by atoms with Crippen molar-refractivity contribution in [2.45, 2.75) is 70.3 Å². The van der Waals surface area contributed by atoms with E-state index in [0.717, 1.165) is 31.5 Å².